The van der Waals surface area contributed by atoms with Crippen molar-refractivity contribution in [3.05, 3.63) is 34.9 Å². The van der Waals surface area contributed by atoms with Gasteiger partial charge in [0.15, 0.2) is 0 Å². The minimum absolute atomic E-state index is 0.0452. The van der Waals surface area contributed by atoms with Crippen LogP contribution in [0.15, 0.2) is 24.3 Å². The van der Waals surface area contributed by atoms with Crippen LogP contribution in [0.4, 0.5) is 0 Å². The topological polar surface area (TPSA) is 32.3 Å². The van der Waals surface area contributed by atoms with Crippen molar-refractivity contribution >= 4 is 17.5 Å². The monoisotopic (exact) mass is 252 g/mol. The molecule has 2 unspecified atom stereocenters. The first-order valence-corrected chi connectivity index (χ1v) is 6.31. The fourth-order valence-electron chi connectivity index (χ4n) is 2.17. The summed E-state index contributed by atoms with van der Waals surface area (Å²) in [7, 11) is 0. The molecule has 1 saturated heterocycles. The second kappa shape index (κ2) is 5.07. The molecule has 0 saturated carbocycles. The summed E-state index contributed by atoms with van der Waals surface area (Å²) in [6.45, 7) is 4.56. The van der Waals surface area contributed by atoms with E-state index in [0.29, 0.717) is 11.6 Å². The molecule has 0 aromatic heterocycles. The zero-order chi connectivity index (χ0) is 12.4. The first-order chi connectivity index (χ1) is 8.13. The number of hydrogen-bond donors (Lipinski definition) is 1. The second-order valence-corrected chi connectivity index (χ2v) is 4.83. The summed E-state index contributed by atoms with van der Waals surface area (Å²) in [5.41, 5.74) is 1.05. The van der Waals surface area contributed by atoms with Crippen molar-refractivity contribution in [1.29, 1.82) is 0 Å². The van der Waals surface area contributed by atoms with E-state index in [9.17, 15) is 4.79 Å². The maximum Gasteiger partial charge on any atom is 0.238 e. The van der Waals surface area contributed by atoms with E-state index in [4.69, 9.17) is 11.6 Å². The Kier molecular flexibility index (Phi) is 3.69. The Labute approximate surface area is 107 Å². The van der Waals surface area contributed by atoms with Gasteiger partial charge in [0.2, 0.25) is 5.91 Å². The van der Waals surface area contributed by atoms with Gasteiger partial charge in [-0.25, -0.2) is 0 Å². The molecule has 3 nitrogen and oxygen atoms in total. The standard InChI is InChI=1S/C13H17ClN2O/c1-3-9(2)16-12(17)8-15-13(16)10-5-4-6-11(14)7-10/h4-7,9,13,15H,3,8H2,1-2H3. The number of rotatable bonds is 3. The van der Waals surface area contributed by atoms with Crippen LogP contribution in [0.2, 0.25) is 5.02 Å². The Morgan fingerprint density at radius 3 is 3.00 bits per heavy atom. The number of benzene rings is 1. The first-order valence-electron chi connectivity index (χ1n) is 5.93. The van der Waals surface area contributed by atoms with Crippen molar-refractivity contribution in [3.8, 4) is 0 Å². The minimum Gasteiger partial charge on any atom is -0.319 e. The number of carbonyl (C=O) groups excluding carboxylic acids is 1. The van der Waals surface area contributed by atoms with Crippen molar-refractivity contribution in [1.82, 2.24) is 10.2 Å². The number of halogens is 1. The molecule has 0 aliphatic carbocycles. The molecule has 2 atom stereocenters. The molecular weight excluding hydrogens is 236 g/mol. The molecule has 0 radical (unpaired) electrons. The van der Waals surface area contributed by atoms with E-state index >= 15 is 0 Å². The van der Waals surface area contributed by atoms with Gasteiger partial charge in [-0.15, -0.1) is 0 Å². The third kappa shape index (κ3) is 2.45. The fraction of sp³-hybridized carbons (Fsp3) is 0.462. The SMILES string of the molecule is CCC(C)N1C(=O)CNC1c1cccc(Cl)c1. The molecule has 1 aromatic carbocycles. The molecule has 1 aliphatic rings. The van der Waals surface area contributed by atoms with Crippen molar-refractivity contribution in [2.24, 2.45) is 0 Å². The van der Waals surface area contributed by atoms with Crippen LogP contribution >= 0.6 is 11.6 Å². The molecule has 0 spiro atoms. The molecule has 1 fully saturated rings. The van der Waals surface area contributed by atoms with E-state index in [1.165, 1.54) is 0 Å². The highest BCUT2D eigenvalue weighted by atomic mass is 35.5. The number of amides is 1. The lowest BCUT2D eigenvalue weighted by Gasteiger charge is -2.30. The van der Waals surface area contributed by atoms with Crippen LogP contribution in [-0.2, 0) is 4.79 Å². The van der Waals surface area contributed by atoms with Gasteiger partial charge in [0.25, 0.3) is 0 Å². The molecule has 4 heteroatoms. The Balaban J connectivity index is 2.28. The lowest BCUT2D eigenvalue weighted by molar-refractivity contribution is -0.130. The molecule has 1 aliphatic heterocycles. The van der Waals surface area contributed by atoms with Gasteiger partial charge in [0.1, 0.15) is 6.17 Å². The highest BCUT2D eigenvalue weighted by Gasteiger charge is 2.34. The molecule has 1 N–H and O–H groups in total. The Morgan fingerprint density at radius 1 is 1.59 bits per heavy atom. The molecular formula is C13H17ClN2O. The summed E-state index contributed by atoms with van der Waals surface area (Å²) in [5.74, 6) is 0.157. The highest BCUT2D eigenvalue weighted by Crippen LogP contribution is 2.27. The van der Waals surface area contributed by atoms with Gasteiger partial charge in [-0.3, -0.25) is 10.1 Å². The number of carbonyl (C=O) groups is 1. The van der Waals surface area contributed by atoms with Crippen molar-refractivity contribution in [3.63, 3.8) is 0 Å². The van der Waals surface area contributed by atoms with E-state index in [0.717, 1.165) is 12.0 Å². The largest absolute Gasteiger partial charge is 0.319 e. The maximum absolute atomic E-state index is 11.9. The molecule has 0 bridgehead atoms. The number of nitrogens with zero attached hydrogens (tertiary/aromatic N) is 1. The van der Waals surface area contributed by atoms with Crippen LogP contribution in [0.3, 0.4) is 0 Å². The molecule has 2 rings (SSSR count). The van der Waals surface area contributed by atoms with Gasteiger partial charge >= 0.3 is 0 Å². The summed E-state index contributed by atoms with van der Waals surface area (Å²) >= 11 is 5.99. The Hall–Kier alpha value is -1.06. The van der Waals surface area contributed by atoms with Crippen LogP contribution in [0, 0.1) is 0 Å². The van der Waals surface area contributed by atoms with Gasteiger partial charge in [-0.2, -0.15) is 0 Å². The van der Waals surface area contributed by atoms with Crippen LogP contribution in [0.25, 0.3) is 0 Å². The Morgan fingerprint density at radius 2 is 2.35 bits per heavy atom. The quantitative estimate of drug-likeness (QED) is 0.897. The van der Waals surface area contributed by atoms with E-state index in [-0.39, 0.29) is 18.1 Å². The summed E-state index contributed by atoms with van der Waals surface area (Å²) in [4.78, 5) is 13.8. The zero-order valence-electron chi connectivity index (χ0n) is 10.1. The molecule has 1 heterocycles. The summed E-state index contributed by atoms with van der Waals surface area (Å²) in [6.07, 6.45) is 0.904. The first kappa shape index (κ1) is 12.4. The number of hydrogen-bond acceptors (Lipinski definition) is 2. The summed E-state index contributed by atoms with van der Waals surface area (Å²) < 4.78 is 0. The van der Waals surface area contributed by atoms with E-state index in [2.05, 4.69) is 19.2 Å². The van der Waals surface area contributed by atoms with Gasteiger partial charge in [0, 0.05) is 11.1 Å². The van der Waals surface area contributed by atoms with E-state index < -0.39 is 0 Å². The maximum atomic E-state index is 11.9. The van der Waals surface area contributed by atoms with E-state index in [1.807, 2.05) is 29.2 Å². The summed E-state index contributed by atoms with van der Waals surface area (Å²) in [6, 6.07) is 7.90. The van der Waals surface area contributed by atoms with Gasteiger partial charge in [0.05, 0.1) is 6.54 Å². The molecule has 92 valence electrons. The molecule has 17 heavy (non-hydrogen) atoms. The normalized spacial score (nSPS) is 21.9. The molecule has 1 aromatic rings. The van der Waals surface area contributed by atoms with Crippen LogP contribution in [-0.4, -0.2) is 23.4 Å². The second-order valence-electron chi connectivity index (χ2n) is 4.40. The van der Waals surface area contributed by atoms with Crippen molar-refractivity contribution in [2.45, 2.75) is 32.5 Å². The lowest BCUT2D eigenvalue weighted by Crippen LogP contribution is -2.37. The molecule has 1 amide bonds. The Bertz CT molecular complexity index is 422. The number of nitrogens with one attached hydrogen (secondary N) is 1. The van der Waals surface area contributed by atoms with Gasteiger partial charge < -0.3 is 4.90 Å². The lowest BCUT2D eigenvalue weighted by atomic mass is 10.1. The van der Waals surface area contributed by atoms with Gasteiger partial charge in [-0.1, -0.05) is 30.7 Å². The van der Waals surface area contributed by atoms with Crippen molar-refractivity contribution < 1.29 is 4.79 Å². The van der Waals surface area contributed by atoms with Crippen LogP contribution in [0.1, 0.15) is 32.0 Å². The fourth-order valence-corrected chi connectivity index (χ4v) is 2.37. The highest BCUT2D eigenvalue weighted by molar-refractivity contribution is 6.30. The minimum atomic E-state index is -0.0452. The van der Waals surface area contributed by atoms with E-state index in [1.54, 1.807) is 0 Å². The third-order valence-electron chi connectivity index (χ3n) is 3.24. The average molecular weight is 253 g/mol. The van der Waals surface area contributed by atoms with Gasteiger partial charge in [-0.05, 0) is 31.0 Å². The van der Waals surface area contributed by atoms with Crippen LogP contribution < -0.4 is 5.32 Å². The van der Waals surface area contributed by atoms with Crippen molar-refractivity contribution in [2.75, 3.05) is 6.54 Å². The predicted octanol–water partition coefficient (Wildman–Crippen LogP) is 2.57. The predicted molar refractivity (Wildman–Crippen MR) is 68.8 cm³/mol. The van der Waals surface area contributed by atoms with Crippen LogP contribution in [0.5, 0.6) is 0 Å². The zero-order valence-corrected chi connectivity index (χ0v) is 10.9. The smallest absolute Gasteiger partial charge is 0.238 e. The average Bonchev–Trinajstić information content (AvgIpc) is 2.70. The summed E-state index contributed by atoms with van der Waals surface area (Å²) in [5, 5.41) is 3.93. The third-order valence-corrected chi connectivity index (χ3v) is 3.48.